The SMILES string of the molecule is O=BOc1ccc(F)cc1. The minimum absolute atomic E-state index is 0.299. The molecule has 0 aliphatic heterocycles. The van der Waals surface area contributed by atoms with Crippen LogP contribution < -0.4 is 4.65 Å². The van der Waals surface area contributed by atoms with Crippen LogP contribution in [0.15, 0.2) is 24.3 Å². The third kappa shape index (κ3) is 1.65. The molecule has 50 valence electrons. The molecule has 0 N–H and O–H groups in total. The number of benzene rings is 1. The van der Waals surface area contributed by atoms with Gasteiger partial charge in [-0.1, -0.05) is 0 Å². The molecule has 0 amide bonds. The van der Waals surface area contributed by atoms with Gasteiger partial charge in [0.2, 0.25) is 0 Å². The Hall–Kier alpha value is -1.19. The van der Waals surface area contributed by atoms with Crippen molar-refractivity contribution in [3.63, 3.8) is 0 Å². The van der Waals surface area contributed by atoms with E-state index in [1.165, 1.54) is 24.3 Å². The predicted molar refractivity (Wildman–Crippen MR) is 33.5 cm³/mol. The molecule has 1 aromatic rings. The summed E-state index contributed by atoms with van der Waals surface area (Å²) in [6, 6.07) is 5.20. The molecule has 0 unspecified atom stereocenters. The third-order valence-corrected chi connectivity index (χ3v) is 0.998. The summed E-state index contributed by atoms with van der Waals surface area (Å²) >= 11 is 0. The molecular weight excluding hydrogens is 134 g/mol. The van der Waals surface area contributed by atoms with Crippen molar-refractivity contribution in [2.45, 2.75) is 0 Å². The van der Waals surface area contributed by atoms with Gasteiger partial charge in [-0.25, -0.2) is 0 Å². The van der Waals surface area contributed by atoms with E-state index < -0.39 is 0 Å². The quantitative estimate of drug-likeness (QED) is 0.573. The van der Waals surface area contributed by atoms with Gasteiger partial charge in [0, 0.05) is 0 Å². The average Bonchev–Trinajstić information content (AvgIpc) is 1.95. The summed E-state index contributed by atoms with van der Waals surface area (Å²) in [6.45, 7) is 0. The first kappa shape index (κ1) is 6.93. The zero-order chi connectivity index (χ0) is 7.40. The number of halogens is 1. The van der Waals surface area contributed by atoms with Crippen molar-refractivity contribution < 1.29 is 13.7 Å². The fraction of sp³-hybridized carbons (Fsp3) is 0. The molecule has 0 heterocycles. The van der Waals surface area contributed by atoms with Gasteiger partial charge < -0.3 is 0 Å². The zero-order valence-corrected chi connectivity index (χ0v) is 5.08. The molecule has 0 spiro atoms. The summed E-state index contributed by atoms with van der Waals surface area (Å²) in [4.78, 5) is 0. The molecule has 0 aliphatic carbocycles. The molecule has 0 radical (unpaired) electrons. The predicted octanol–water partition coefficient (Wildman–Crippen LogP) is 1.17. The fourth-order valence-electron chi connectivity index (χ4n) is 0.569. The van der Waals surface area contributed by atoms with Crippen molar-refractivity contribution in [2.75, 3.05) is 0 Å². The molecule has 0 fully saturated rings. The van der Waals surface area contributed by atoms with E-state index in [0.29, 0.717) is 13.1 Å². The van der Waals surface area contributed by atoms with Crippen LogP contribution >= 0.6 is 0 Å². The zero-order valence-electron chi connectivity index (χ0n) is 5.08. The summed E-state index contributed by atoms with van der Waals surface area (Å²) in [6.07, 6.45) is 0. The van der Waals surface area contributed by atoms with Crippen LogP contribution in [0.5, 0.6) is 5.75 Å². The first-order valence-corrected chi connectivity index (χ1v) is 2.69. The van der Waals surface area contributed by atoms with E-state index in [9.17, 15) is 9.10 Å². The second-order valence-electron chi connectivity index (χ2n) is 1.67. The van der Waals surface area contributed by atoms with Crippen molar-refractivity contribution in [3.8, 4) is 5.75 Å². The molecule has 0 atom stereocenters. The van der Waals surface area contributed by atoms with E-state index in [1.807, 2.05) is 0 Å². The van der Waals surface area contributed by atoms with Gasteiger partial charge >= 0.3 is 56.9 Å². The molecule has 1 rings (SSSR count). The average molecular weight is 138 g/mol. The normalized spacial score (nSPS) is 8.50. The molecule has 0 aromatic heterocycles. The van der Waals surface area contributed by atoms with E-state index in [1.54, 1.807) is 0 Å². The first-order valence-electron chi connectivity index (χ1n) is 2.69. The fourth-order valence-corrected chi connectivity index (χ4v) is 0.569. The van der Waals surface area contributed by atoms with Gasteiger partial charge in [-0.2, -0.15) is 0 Å². The summed E-state index contributed by atoms with van der Waals surface area (Å²) in [7, 11) is 0.299. The van der Waals surface area contributed by atoms with E-state index in [-0.39, 0.29) is 5.82 Å². The number of hydrogen-bond donors (Lipinski definition) is 0. The van der Waals surface area contributed by atoms with Crippen molar-refractivity contribution in [2.24, 2.45) is 0 Å². The van der Waals surface area contributed by atoms with E-state index in [4.69, 9.17) is 0 Å². The number of rotatable bonds is 2. The second-order valence-corrected chi connectivity index (χ2v) is 1.67. The van der Waals surface area contributed by atoms with Gasteiger partial charge in [-0.15, -0.1) is 0 Å². The maximum absolute atomic E-state index is 12.2. The van der Waals surface area contributed by atoms with E-state index >= 15 is 0 Å². The van der Waals surface area contributed by atoms with Crippen LogP contribution in [0.2, 0.25) is 0 Å². The van der Waals surface area contributed by atoms with Gasteiger partial charge in [0.1, 0.15) is 0 Å². The maximum atomic E-state index is 12.2. The molecule has 0 saturated carbocycles. The Morgan fingerprint density at radius 1 is 1.30 bits per heavy atom. The summed E-state index contributed by atoms with van der Waals surface area (Å²) in [5.74, 6) is -0.00495. The monoisotopic (exact) mass is 138 g/mol. The van der Waals surface area contributed by atoms with Crippen LogP contribution in [0, 0.1) is 5.82 Å². The standard InChI is InChI=1S/C6H4BFO2/c8-5-1-3-6(4-2-5)10-7-9/h1-4H. The Morgan fingerprint density at radius 3 is 2.40 bits per heavy atom. The summed E-state index contributed by atoms with van der Waals surface area (Å²) in [5, 5.41) is 0. The molecular formula is C6H4BFO2. The van der Waals surface area contributed by atoms with E-state index in [0.717, 1.165) is 0 Å². The molecule has 0 bridgehead atoms. The van der Waals surface area contributed by atoms with Crippen LogP contribution in [-0.2, 0) is 4.70 Å². The Morgan fingerprint density at radius 2 is 1.90 bits per heavy atom. The molecule has 2 nitrogen and oxygen atoms in total. The van der Waals surface area contributed by atoms with Gasteiger partial charge in [0.15, 0.2) is 0 Å². The van der Waals surface area contributed by atoms with Gasteiger partial charge in [0.25, 0.3) is 0 Å². The van der Waals surface area contributed by atoms with Crippen molar-refractivity contribution >= 4 is 7.35 Å². The Bertz CT molecular complexity index is 222. The molecule has 0 aliphatic rings. The van der Waals surface area contributed by atoms with Crippen molar-refractivity contribution in [1.29, 1.82) is 0 Å². The van der Waals surface area contributed by atoms with Crippen LogP contribution in [0.3, 0.4) is 0 Å². The van der Waals surface area contributed by atoms with Gasteiger partial charge in [-0.3, -0.25) is 0 Å². The second kappa shape index (κ2) is 3.10. The topological polar surface area (TPSA) is 26.3 Å². The molecule has 10 heavy (non-hydrogen) atoms. The van der Waals surface area contributed by atoms with Crippen molar-refractivity contribution in [1.82, 2.24) is 0 Å². The van der Waals surface area contributed by atoms with Crippen molar-refractivity contribution in [3.05, 3.63) is 30.1 Å². The van der Waals surface area contributed by atoms with Crippen LogP contribution in [0.1, 0.15) is 0 Å². The van der Waals surface area contributed by atoms with Crippen LogP contribution in [0.25, 0.3) is 0 Å². The summed E-state index contributed by atoms with van der Waals surface area (Å²) in [5.41, 5.74) is 0. The summed E-state index contributed by atoms with van der Waals surface area (Å²) < 4.78 is 26.3. The Labute approximate surface area is 57.9 Å². The number of hydrogen-bond acceptors (Lipinski definition) is 2. The van der Waals surface area contributed by atoms with Gasteiger partial charge in [-0.05, 0) is 0 Å². The van der Waals surface area contributed by atoms with Gasteiger partial charge in [0.05, 0.1) is 0 Å². The van der Waals surface area contributed by atoms with E-state index in [2.05, 4.69) is 4.65 Å². The molecule has 1 aromatic carbocycles. The van der Waals surface area contributed by atoms with Crippen LogP contribution in [0.4, 0.5) is 4.39 Å². The molecule has 4 heteroatoms. The molecule has 0 saturated heterocycles. The Kier molecular flexibility index (Phi) is 2.15. The first-order chi connectivity index (χ1) is 4.83. The third-order valence-electron chi connectivity index (χ3n) is 0.998. The van der Waals surface area contributed by atoms with Crippen LogP contribution in [-0.4, -0.2) is 7.35 Å². The Balaban J connectivity index is 2.78. The minimum atomic E-state index is -0.349.